The first-order chi connectivity index (χ1) is 13.2. The van der Waals surface area contributed by atoms with Crippen LogP contribution in [0.2, 0.25) is 5.15 Å². The second-order valence-corrected chi connectivity index (χ2v) is 8.13. The Morgan fingerprint density at radius 2 is 2.00 bits per heavy atom. The van der Waals surface area contributed by atoms with Crippen molar-refractivity contribution in [1.29, 1.82) is 0 Å². The molecule has 2 aromatic rings. The summed E-state index contributed by atoms with van der Waals surface area (Å²) in [5.41, 5.74) is 0.195. The molecule has 1 aliphatic carbocycles. The molecule has 1 saturated carbocycles. The number of fused-ring (bicyclic) bond motifs is 1. The van der Waals surface area contributed by atoms with Crippen LogP contribution in [-0.4, -0.2) is 49.3 Å². The number of carbonyl (C=O) groups is 2. The highest BCUT2D eigenvalue weighted by atomic mass is 35.5. The van der Waals surface area contributed by atoms with Gasteiger partial charge in [0.15, 0.2) is 10.8 Å². The molecule has 0 saturated heterocycles. The molecule has 28 heavy (non-hydrogen) atoms. The van der Waals surface area contributed by atoms with E-state index < -0.39 is 23.7 Å². The Bertz CT molecular complexity index is 857. The first kappa shape index (κ1) is 20.3. The molecule has 10 heteroatoms. The number of nitrogens with one attached hydrogen (secondary N) is 1. The fourth-order valence-corrected chi connectivity index (χ4v) is 3.24. The first-order valence-electron chi connectivity index (χ1n) is 9.24. The average molecular weight is 410 g/mol. The van der Waals surface area contributed by atoms with Crippen molar-refractivity contribution < 1.29 is 19.1 Å². The Balaban J connectivity index is 1.78. The zero-order valence-electron chi connectivity index (χ0n) is 16.1. The van der Waals surface area contributed by atoms with Gasteiger partial charge in [0, 0.05) is 0 Å². The van der Waals surface area contributed by atoms with Crippen molar-refractivity contribution in [2.75, 3.05) is 0 Å². The fourth-order valence-electron chi connectivity index (χ4n) is 3.06. The number of ether oxygens (including phenoxy) is 2. The van der Waals surface area contributed by atoms with Gasteiger partial charge in [-0.3, -0.25) is 0 Å². The van der Waals surface area contributed by atoms with Crippen molar-refractivity contribution in [3.05, 3.63) is 17.8 Å². The summed E-state index contributed by atoms with van der Waals surface area (Å²) in [6.45, 7) is 5.33. The van der Waals surface area contributed by atoms with E-state index in [1.807, 2.05) is 0 Å². The zero-order valence-corrected chi connectivity index (χ0v) is 16.9. The van der Waals surface area contributed by atoms with Gasteiger partial charge < -0.3 is 19.4 Å². The molecule has 1 N–H and O–H groups in total. The van der Waals surface area contributed by atoms with Crippen LogP contribution in [0.5, 0.6) is 0 Å². The van der Waals surface area contributed by atoms with Gasteiger partial charge in [0.2, 0.25) is 0 Å². The number of hydrogen-bond donors (Lipinski definition) is 1. The van der Waals surface area contributed by atoms with Gasteiger partial charge in [0.25, 0.3) is 0 Å². The van der Waals surface area contributed by atoms with Gasteiger partial charge in [-0.25, -0.2) is 24.5 Å². The molecule has 1 fully saturated rings. The standard InChI is InChI=1S/C18H24ClN5O4/c1-18(2,3)28-17(26)23-12(16(25)27-11-6-4-5-7-11)8-24-10-22-13-14(19)20-9-21-15(13)24/h9-12H,4-8H2,1-3H3,(H,23,26). The molecule has 0 aliphatic heterocycles. The lowest BCUT2D eigenvalue weighted by Gasteiger charge is -2.24. The highest BCUT2D eigenvalue weighted by Gasteiger charge is 2.29. The normalized spacial score (nSPS) is 16.1. The Labute approximate surface area is 167 Å². The summed E-state index contributed by atoms with van der Waals surface area (Å²) in [5, 5.41) is 2.82. The molecular weight excluding hydrogens is 386 g/mol. The van der Waals surface area contributed by atoms with Crippen molar-refractivity contribution in [2.24, 2.45) is 0 Å². The molecule has 3 rings (SSSR count). The van der Waals surface area contributed by atoms with Crippen LogP contribution in [-0.2, 0) is 20.8 Å². The minimum absolute atomic E-state index is 0.0780. The maximum Gasteiger partial charge on any atom is 0.408 e. The molecular formula is C18H24ClN5O4. The molecule has 2 heterocycles. The van der Waals surface area contributed by atoms with Crippen molar-refractivity contribution in [2.45, 2.75) is 70.7 Å². The third-order valence-electron chi connectivity index (χ3n) is 4.30. The summed E-state index contributed by atoms with van der Waals surface area (Å²) in [4.78, 5) is 37.2. The Morgan fingerprint density at radius 3 is 2.68 bits per heavy atom. The van der Waals surface area contributed by atoms with Gasteiger partial charge in [0.1, 0.15) is 29.6 Å². The van der Waals surface area contributed by atoms with Gasteiger partial charge >= 0.3 is 12.1 Å². The van der Waals surface area contributed by atoms with E-state index in [2.05, 4.69) is 20.3 Å². The van der Waals surface area contributed by atoms with E-state index in [-0.39, 0.29) is 17.8 Å². The smallest absolute Gasteiger partial charge is 0.408 e. The zero-order chi connectivity index (χ0) is 20.3. The lowest BCUT2D eigenvalue weighted by molar-refractivity contribution is -0.151. The highest BCUT2D eigenvalue weighted by molar-refractivity contribution is 6.33. The summed E-state index contributed by atoms with van der Waals surface area (Å²) >= 11 is 6.03. The van der Waals surface area contributed by atoms with Crippen LogP contribution in [0.4, 0.5) is 4.79 Å². The van der Waals surface area contributed by atoms with Crippen molar-refractivity contribution in [3.63, 3.8) is 0 Å². The van der Waals surface area contributed by atoms with E-state index in [9.17, 15) is 9.59 Å². The number of imidazole rings is 1. The van der Waals surface area contributed by atoms with E-state index in [1.54, 1.807) is 25.3 Å². The quantitative estimate of drug-likeness (QED) is 0.597. The predicted molar refractivity (Wildman–Crippen MR) is 102 cm³/mol. The van der Waals surface area contributed by atoms with Crippen molar-refractivity contribution in [1.82, 2.24) is 24.8 Å². The molecule has 0 bridgehead atoms. The number of hydrogen-bond acceptors (Lipinski definition) is 7. The Morgan fingerprint density at radius 1 is 1.29 bits per heavy atom. The molecule has 2 aromatic heterocycles. The summed E-state index contributed by atoms with van der Waals surface area (Å²) in [6.07, 6.45) is 5.73. The Kier molecular flexibility index (Phi) is 6.02. The van der Waals surface area contributed by atoms with E-state index in [0.717, 1.165) is 25.7 Å². The van der Waals surface area contributed by atoms with E-state index >= 15 is 0 Å². The van der Waals surface area contributed by atoms with Crippen LogP contribution in [0.3, 0.4) is 0 Å². The van der Waals surface area contributed by atoms with Gasteiger partial charge in [0.05, 0.1) is 12.9 Å². The van der Waals surface area contributed by atoms with Crippen molar-refractivity contribution in [3.8, 4) is 0 Å². The van der Waals surface area contributed by atoms with Gasteiger partial charge in [-0.15, -0.1) is 0 Å². The van der Waals surface area contributed by atoms with E-state index in [1.165, 1.54) is 12.7 Å². The number of alkyl carbamates (subject to hydrolysis) is 1. The number of carbonyl (C=O) groups excluding carboxylic acids is 2. The molecule has 0 spiro atoms. The second-order valence-electron chi connectivity index (χ2n) is 7.78. The molecule has 1 atom stereocenters. The lowest BCUT2D eigenvalue weighted by Crippen LogP contribution is -2.47. The van der Waals surface area contributed by atoms with E-state index in [4.69, 9.17) is 21.1 Å². The van der Waals surface area contributed by atoms with Crippen LogP contribution in [0, 0.1) is 0 Å². The number of amides is 1. The predicted octanol–water partition coefficient (Wildman–Crippen LogP) is 2.86. The topological polar surface area (TPSA) is 108 Å². The first-order valence-corrected chi connectivity index (χ1v) is 9.62. The molecule has 9 nitrogen and oxygen atoms in total. The van der Waals surface area contributed by atoms with Gasteiger partial charge in [-0.2, -0.15) is 0 Å². The molecule has 152 valence electrons. The van der Waals surface area contributed by atoms with Gasteiger partial charge in [-0.1, -0.05) is 11.6 Å². The summed E-state index contributed by atoms with van der Waals surface area (Å²) < 4.78 is 12.5. The molecule has 1 amide bonds. The van der Waals surface area contributed by atoms with Crippen LogP contribution in [0.1, 0.15) is 46.5 Å². The number of rotatable bonds is 5. The van der Waals surface area contributed by atoms with Crippen LogP contribution in [0.25, 0.3) is 11.2 Å². The molecule has 1 aliphatic rings. The lowest BCUT2D eigenvalue weighted by atomic mass is 10.2. The van der Waals surface area contributed by atoms with E-state index in [0.29, 0.717) is 11.2 Å². The largest absolute Gasteiger partial charge is 0.461 e. The maximum absolute atomic E-state index is 12.7. The van der Waals surface area contributed by atoms with Crippen molar-refractivity contribution >= 4 is 34.8 Å². The summed E-state index contributed by atoms with van der Waals surface area (Å²) in [6, 6.07) is -0.957. The second kappa shape index (κ2) is 8.30. The molecule has 1 unspecified atom stereocenters. The molecule has 0 aromatic carbocycles. The number of esters is 1. The maximum atomic E-state index is 12.7. The average Bonchev–Trinajstić information content (AvgIpc) is 3.23. The SMILES string of the molecule is CC(C)(C)OC(=O)NC(Cn1cnc2c(Cl)ncnc21)C(=O)OC1CCCC1. The van der Waals surface area contributed by atoms with Crippen LogP contribution < -0.4 is 5.32 Å². The summed E-state index contributed by atoms with van der Waals surface area (Å²) in [5.74, 6) is -0.514. The number of aromatic nitrogens is 4. The molecule has 0 radical (unpaired) electrons. The van der Waals surface area contributed by atoms with Gasteiger partial charge in [-0.05, 0) is 46.5 Å². The van der Waals surface area contributed by atoms with Crippen LogP contribution >= 0.6 is 11.6 Å². The number of nitrogens with zero attached hydrogens (tertiary/aromatic N) is 4. The fraction of sp³-hybridized carbons (Fsp3) is 0.611. The number of halogens is 1. The highest BCUT2D eigenvalue weighted by Crippen LogP contribution is 2.22. The third kappa shape index (κ3) is 5.09. The summed E-state index contributed by atoms with van der Waals surface area (Å²) in [7, 11) is 0. The minimum Gasteiger partial charge on any atom is -0.461 e. The third-order valence-corrected chi connectivity index (χ3v) is 4.57. The monoisotopic (exact) mass is 409 g/mol. The minimum atomic E-state index is -0.957. The van der Waals surface area contributed by atoms with Crippen LogP contribution in [0.15, 0.2) is 12.7 Å². The Hall–Kier alpha value is -2.42.